The molecule has 0 saturated heterocycles. The molecule has 4 nitrogen and oxygen atoms in total. The summed E-state index contributed by atoms with van der Waals surface area (Å²) in [6.07, 6.45) is 2.47. The summed E-state index contributed by atoms with van der Waals surface area (Å²) >= 11 is 1.79. The summed E-state index contributed by atoms with van der Waals surface area (Å²) in [6, 6.07) is 0. The molecule has 3 unspecified atom stereocenters. The molecular weight excluding hydrogens is 248 g/mol. The van der Waals surface area contributed by atoms with Crippen molar-refractivity contribution in [2.45, 2.75) is 63.0 Å². The molecule has 0 radical (unpaired) electrons. The Morgan fingerprint density at radius 2 is 2.06 bits per heavy atom. The van der Waals surface area contributed by atoms with E-state index in [2.05, 4.69) is 26.1 Å². The molecule has 18 heavy (non-hydrogen) atoms. The Kier molecular flexibility index (Phi) is 8.65. The van der Waals surface area contributed by atoms with Gasteiger partial charge in [0.25, 0.3) is 0 Å². The Morgan fingerprint density at radius 3 is 2.50 bits per heavy atom. The Balaban J connectivity index is 4.35. The van der Waals surface area contributed by atoms with Crippen LogP contribution < -0.4 is 11.1 Å². The Hall–Kier alpha value is -0.260. The van der Waals surface area contributed by atoms with Gasteiger partial charge in [0, 0.05) is 17.1 Å². The first-order valence-electron chi connectivity index (χ1n) is 6.67. The van der Waals surface area contributed by atoms with Gasteiger partial charge >= 0.3 is 0 Å². The van der Waals surface area contributed by atoms with E-state index < -0.39 is 5.54 Å². The zero-order valence-electron chi connectivity index (χ0n) is 12.0. The molecule has 0 rings (SSSR count). The molecule has 5 heteroatoms. The van der Waals surface area contributed by atoms with Gasteiger partial charge < -0.3 is 16.2 Å². The van der Waals surface area contributed by atoms with Gasteiger partial charge in [-0.25, -0.2) is 0 Å². The first-order valence-corrected chi connectivity index (χ1v) is 7.61. The molecule has 0 aliphatic heterocycles. The summed E-state index contributed by atoms with van der Waals surface area (Å²) < 4.78 is 0. The van der Waals surface area contributed by atoms with E-state index in [1.165, 1.54) is 0 Å². The molecule has 0 aliphatic rings. The van der Waals surface area contributed by atoms with E-state index in [1.54, 1.807) is 11.8 Å². The van der Waals surface area contributed by atoms with Gasteiger partial charge in [-0.15, -0.1) is 0 Å². The molecule has 0 saturated carbocycles. The van der Waals surface area contributed by atoms with Crippen LogP contribution in [-0.2, 0) is 4.79 Å². The molecule has 0 spiro atoms. The van der Waals surface area contributed by atoms with Crippen molar-refractivity contribution in [1.82, 2.24) is 5.32 Å². The van der Waals surface area contributed by atoms with Crippen LogP contribution in [0.5, 0.6) is 0 Å². The van der Waals surface area contributed by atoms with Gasteiger partial charge in [0.1, 0.15) is 0 Å². The lowest BCUT2D eigenvalue weighted by molar-refractivity contribution is -0.124. The number of rotatable bonds is 10. The minimum absolute atomic E-state index is 0.210. The van der Waals surface area contributed by atoms with Crippen molar-refractivity contribution < 1.29 is 9.90 Å². The molecule has 1 amide bonds. The number of carbonyl (C=O) groups is 1. The molecule has 0 aromatic carbocycles. The molecule has 4 N–H and O–H groups in total. The number of carbonyl (C=O) groups excluding carboxylic acids is 1. The Bertz CT molecular complexity index is 251. The number of thioether (sulfide) groups is 1. The van der Waals surface area contributed by atoms with Crippen molar-refractivity contribution in [2.24, 2.45) is 5.73 Å². The van der Waals surface area contributed by atoms with E-state index in [9.17, 15) is 4.79 Å². The molecular formula is C13H28N2O2S. The summed E-state index contributed by atoms with van der Waals surface area (Å²) in [6.45, 7) is 9.14. The summed E-state index contributed by atoms with van der Waals surface area (Å²) in [5.41, 5.74) is 4.86. The van der Waals surface area contributed by atoms with Crippen molar-refractivity contribution in [1.29, 1.82) is 0 Å². The zero-order valence-corrected chi connectivity index (χ0v) is 12.8. The van der Waals surface area contributed by atoms with Crippen LogP contribution in [0.2, 0.25) is 0 Å². The predicted octanol–water partition coefficient (Wildman–Crippen LogP) is 1.51. The first kappa shape index (κ1) is 17.7. The smallest absolute Gasteiger partial charge is 0.237 e. The maximum atomic E-state index is 11.6. The average molecular weight is 276 g/mol. The van der Waals surface area contributed by atoms with Crippen molar-refractivity contribution in [3.63, 3.8) is 0 Å². The van der Waals surface area contributed by atoms with Crippen LogP contribution in [0.25, 0.3) is 0 Å². The van der Waals surface area contributed by atoms with Gasteiger partial charge in [0.05, 0.1) is 5.54 Å². The van der Waals surface area contributed by atoms with Crippen LogP contribution in [0.3, 0.4) is 0 Å². The SMILES string of the molecule is CCCNC(C)(CC(C)SC(C)CCO)C(N)=O. The van der Waals surface area contributed by atoms with Gasteiger partial charge in [-0.05, 0) is 32.7 Å². The summed E-state index contributed by atoms with van der Waals surface area (Å²) in [4.78, 5) is 11.6. The molecule has 0 bridgehead atoms. The van der Waals surface area contributed by atoms with E-state index >= 15 is 0 Å². The van der Waals surface area contributed by atoms with Crippen molar-refractivity contribution >= 4 is 17.7 Å². The number of hydrogen-bond acceptors (Lipinski definition) is 4. The maximum Gasteiger partial charge on any atom is 0.237 e. The van der Waals surface area contributed by atoms with Crippen LogP contribution in [0.15, 0.2) is 0 Å². The quantitative estimate of drug-likeness (QED) is 0.565. The van der Waals surface area contributed by atoms with Gasteiger partial charge in [0.15, 0.2) is 0 Å². The number of aliphatic hydroxyl groups is 1. The molecule has 108 valence electrons. The second-order valence-electron chi connectivity index (χ2n) is 5.10. The zero-order chi connectivity index (χ0) is 14.2. The third-order valence-corrected chi connectivity index (χ3v) is 4.34. The molecule has 0 aliphatic carbocycles. The third kappa shape index (κ3) is 6.61. The maximum absolute atomic E-state index is 11.6. The van der Waals surface area contributed by atoms with Crippen molar-refractivity contribution in [3.05, 3.63) is 0 Å². The van der Waals surface area contributed by atoms with E-state index in [0.717, 1.165) is 19.4 Å². The van der Waals surface area contributed by atoms with Crippen LogP contribution in [0.1, 0.15) is 47.0 Å². The largest absolute Gasteiger partial charge is 0.396 e. The minimum atomic E-state index is -0.638. The topological polar surface area (TPSA) is 75.3 Å². The highest BCUT2D eigenvalue weighted by atomic mass is 32.2. The molecule has 3 atom stereocenters. The molecule has 0 heterocycles. The monoisotopic (exact) mass is 276 g/mol. The van der Waals surface area contributed by atoms with Crippen LogP contribution in [-0.4, -0.2) is 40.2 Å². The predicted molar refractivity (Wildman–Crippen MR) is 78.7 cm³/mol. The highest BCUT2D eigenvalue weighted by Gasteiger charge is 2.32. The van der Waals surface area contributed by atoms with Crippen molar-refractivity contribution in [2.75, 3.05) is 13.2 Å². The second kappa shape index (κ2) is 8.77. The average Bonchev–Trinajstić information content (AvgIpc) is 2.26. The number of nitrogens with one attached hydrogen (secondary N) is 1. The first-order chi connectivity index (χ1) is 8.35. The number of primary amides is 1. The van der Waals surface area contributed by atoms with Gasteiger partial charge in [-0.2, -0.15) is 11.8 Å². The fourth-order valence-electron chi connectivity index (χ4n) is 1.93. The lowest BCUT2D eigenvalue weighted by Crippen LogP contribution is -2.54. The van der Waals surface area contributed by atoms with Crippen LogP contribution >= 0.6 is 11.8 Å². The van der Waals surface area contributed by atoms with E-state index in [4.69, 9.17) is 10.8 Å². The highest BCUT2D eigenvalue weighted by Crippen LogP contribution is 2.26. The number of aliphatic hydroxyl groups excluding tert-OH is 1. The lowest BCUT2D eigenvalue weighted by Gasteiger charge is -2.31. The van der Waals surface area contributed by atoms with E-state index in [-0.39, 0.29) is 12.5 Å². The highest BCUT2D eigenvalue weighted by molar-refractivity contribution is 8.00. The van der Waals surface area contributed by atoms with Crippen LogP contribution in [0, 0.1) is 0 Å². The summed E-state index contributed by atoms with van der Waals surface area (Å²) in [7, 11) is 0. The second-order valence-corrected chi connectivity index (χ2v) is 6.98. The van der Waals surface area contributed by atoms with Crippen LogP contribution in [0.4, 0.5) is 0 Å². The van der Waals surface area contributed by atoms with Gasteiger partial charge in [0.2, 0.25) is 5.91 Å². The molecule has 0 aromatic heterocycles. The molecule has 0 aromatic rings. The fraction of sp³-hybridized carbons (Fsp3) is 0.923. The molecule has 0 fully saturated rings. The number of hydrogen-bond donors (Lipinski definition) is 3. The third-order valence-electron chi connectivity index (χ3n) is 3.00. The Morgan fingerprint density at radius 1 is 1.44 bits per heavy atom. The van der Waals surface area contributed by atoms with E-state index in [0.29, 0.717) is 16.9 Å². The Labute approximate surface area is 115 Å². The standard InChI is InChI=1S/C13H28N2O2S/c1-5-7-15-13(4,12(14)17)9-11(3)18-10(2)6-8-16/h10-11,15-16H,5-9H2,1-4H3,(H2,14,17). The fourth-order valence-corrected chi connectivity index (χ4v) is 3.39. The summed E-state index contributed by atoms with van der Waals surface area (Å²) in [5, 5.41) is 12.9. The minimum Gasteiger partial charge on any atom is -0.396 e. The van der Waals surface area contributed by atoms with Gasteiger partial charge in [-0.3, -0.25) is 4.79 Å². The van der Waals surface area contributed by atoms with Crippen molar-refractivity contribution in [3.8, 4) is 0 Å². The number of amides is 1. The normalized spacial score (nSPS) is 18.1. The van der Waals surface area contributed by atoms with E-state index in [1.807, 2.05) is 6.92 Å². The lowest BCUT2D eigenvalue weighted by atomic mass is 9.95. The van der Waals surface area contributed by atoms with Gasteiger partial charge in [-0.1, -0.05) is 20.8 Å². The summed E-state index contributed by atoms with van der Waals surface area (Å²) in [5.74, 6) is -0.293. The number of nitrogens with two attached hydrogens (primary N) is 1.